The van der Waals surface area contributed by atoms with Crippen molar-refractivity contribution in [3.8, 4) is 17.2 Å². The third kappa shape index (κ3) is 5.50. The van der Waals surface area contributed by atoms with Crippen LogP contribution in [0.5, 0.6) is 17.2 Å². The lowest BCUT2D eigenvalue weighted by molar-refractivity contribution is -0.140. The van der Waals surface area contributed by atoms with Gasteiger partial charge in [0.05, 0.1) is 38.0 Å². The van der Waals surface area contributed by atoms with Crippen LogP contribution in [0.3, 0.4) is 0 Å². The van der Waals surface area contributed by atoms with E-state index < -0.39 is 17.7 Å². The van der Waals surface area contributed by atoms with Gasteiger partial charge in [-0.25, -0.2) is 0 Å². The minimum atomic E-state index is -0.847. The summed E-state index contributed by atoms with van der Waals surface area (Å²) in [7, 11) is 4.49. The van der Waals surface area contributed by atoms with Crippen molar-refractivity contribution in [2.45, 2.75) is 19.6 Å². The summed E-state index contributed by atoms with van der Waals surface area (Å²) >= 11 is 0. The predicted molar refractivity (Wildman–Crippen MR) is 142 cm³/mol. The molecule has 1 saturated heterocycles. The second-order valence-electron chi connectivity index (χ2n) is 8.90. The number of nitrogens with zero attached hydrogens (tertiary/aromatic N) is 1. The fourth-order valence-electron chi connectivity index (χ4n) is 4.41. The molecule has 0 aliphatic carbocycles. The Kier molecular flexibility index (Phi) is 8.33. The predicted octanol–water partition coefficient (Wildman–Crippen LogP) is 4.66. The van der Waals surface area contributed by atoms with Crippen LogP contribution in [-0.4, -0.2) is 56.2 Å². The molecule has 3 aromatic carbocycles. The summed E-state index contributed by atoms with van der Waals surface area (Å²) in [6.45, 7) is 2.77. The summed E-state index contributed by atoms with van der Waals surface area (Å²) in [5.41, 5.74) is 3.03. The number of carbonyl (C=O) groups is 2. The molecule has 0 saturated carbocycles. The normalized spacial score (nSPS) is 16.5. The van der Waals surface area contributed by atoms with Crippen molar-refractivity contribution in [1.29, 1.82) is 0 Å². The highest BCUT2D eigenvalue weighted by molar-refractivity contribution is 6.46. The van der Waals surface area contributed by atoms with Crippen LogP contribution in [0.1, 0.15) is 28.3 Å². The summed E-state index contributed by atoms with van der Waals surface area (Å²) < 4.78 is 21.9. The Balaban J connectivity index is 1.76. The maximum absolute atomic E-state index is 13.3. The first kappa shape index (κ1) is 26.8. The molecule has 0 aromatic heterocycles. The van der Waals surface area contributed by atoms with Gasteiger partial charge in [-0.3, -0.25) is 9.59 Å². The molecule has 198 valence electrons. The Morgan fingerprint density at radius 3 is 2.37 bits per heavy atom. The monoisotopic (exact) mass is 517 g/mol. The number of hydrogen-bond donors (Lipinski definition) is 1. The Morgan fingerprint density at radius 1 is 0.921 bits per heavy atom. The number of aliphatic hydroxyl groups excluding tert-OH is 1. The van der Waals surface area contributed by atoms with Gasteiger partial charge in [-0.15, -0.1) is 0 Å². The van der Waals surface area contributed by atoms with E-state index in [0.717, 1.165) is 11.1 Å². The van der Waals surface area contributed by atoms with Gasteiger partial charge in [0.2, 0.25) is 0 Å². The number of likely N-dealkylation sites (tertiary alicyclic amines) is 1. The molecule has 0 spiro atoms. The van der Waals surface area contributed by atoms with E-state index in [1.807, 2.05) is 37.3 Å². The third-order valence-corrected chi connectivity index (χ3v) is 6.44. The average Bonchev–Trinajstić information content (AvgIpc) is 3.20. The molecule has 8 heteroatoms. The van der Waals surface area contributed by atoms with E-state index in [-0.39, 0.29) is 30.0 Å². The lowest BCUT2D eigenvalue weighted by Crippen LogP contribution is -2.32. The van der Waals surface area contributed by atoms with Gasteiger partial charge in [-0.1, -0.05) is 42.0 Å². The van der Waals surface area contributed by atoms with Crippen molar-refractivity contribution >= 4 is 17.4 Å². The van der Waals surface area contributed by atoms with Crippen LogP contribution in [0, 0.1) is 6.92 Å². The number of aryl methyl sites for hydroxylation is 1. The topological polar surface area (TPSA) is 94.5 Å². The Bertz CT molecular complexity index is 1350. The molecule has 1 amide bonds. The molecule has 1 atom stereocenters. The van der Waals surface area contributed by atoms with E-state index >= 15 is 0 Å². The molecule has 1 N–H and O–H groups in total. The minimum Gasteiger partial charge on any atom is -0.507 e. The summed E-state index contributed by atoms with van der Waals surface area (Å²) in [6, 6.07) is 19.2. The number of methoxy groups -OCH3 is 3. The van der Waals surface area contributed by atoms with Crippen LogP contribution in [0.25, 0.3) is 5.76 Å². The van der Waals surface area contributed by atoms with Crippen molar-refractivity contribution in [3.05, 3.63) is 94.6 Å². The van der Waals surface area contributed by atoms with Gasteiger partial charge in [0.1, 0.15) is 29.6 Å². The third-order valence-electron chi connectivity index (χ3n) is 6.44. The summed E-state index contributed by atoms with van der Waals surface area (Å²) in [4.78, 5) is 27.8. The number of ketones is 1. The highest BCUT2D eigenvalue weighted by Crippen LogP contribution is 2.42. The van der Waals surface area contributed by atoms with E-state index in [4.69, 9.17) is 18.9 Å². The first-order chi connectivity index (χ1) is 18.4. The summed E-state index contributed by atoms with van der Waals surface area (Å²) in [6.07, 6.45) is 0. The number of ether oxygens (including phenoxy) is 4. The van der Waals surface area contributed by atoms with Gasteiger partial charge < -0.3 is 29.0 Å². The van der Waals surface area contributed by atoms with Crippen LogP contribution >= 0.6 is 0 Å². The number of carbonyl (C=O) groups excluding carboxylic acids is 2. The second kappa shape index (κ2) is 11.8. The number of benzene rings is 3. The number of amides is 1. The smallest absolute Gasteiger partial charge is 0.295 e. The van der Waals surface area contributed by atoms with Crippen molar-refractivity contribution < 1.29 is 33.6 Å². The summed E-state index contributed by atoms with van der Waals surface area (Å²) in [5, 5.41) is 11.4. The zero-order valence-corrected chi connectivity index (χ0v) is 21.9. The zero-order chi connectivity index (χ0) is 27.2. The molecule has 38 heavy (non-hydrogen) atoms. The van der Waals surface area contributed by atoms with Gasteiger partial charge in [0.25, 0.3) is 11.7 Å². The molecule has 4 rings (SSSR count). The van der Waals surface area contributed by atoms with Crippen molar-refractivity contribution in [3.63, 3.8) is 0 Å². The van der Waals surface area contributed by atoms with Crippen LogP contribution in [0.2, 0.25) is 0 Å². The van der Waals surface area contributed by atoms with Crippen LogP contribution < -0.4 is 14.2 Å². The Morgan fingerprint density at radius 2 is 1.68 bits per heavy atom. The van der Waals surface area contributed by atoms with E-state index in [1.54, 1.807) is 36.4 Å². The van der Waals surface area contributed by atoms with Crippen LogP contribution in [-0.2, 0) is 20.9 Å². The van der Waals surface area contributed by atoms with Gasteiger partial charge in [0.15, 0.2) is 0 Å². The van der Waals surface area contributed by atoms with E-state index in [9.17, 15) is 14.7 Å². The molecule has 1 aliphatic rings. The average molecular weight is 518 g/mol. The molecule has 1 fully saturated rings. The molecule has 8 nitrogen and oxygen atoms in total. The molecular formula is C30H31NO7. The quantitative estimate of drug-likeness (QED) is 0.237. The van der Waals surface area contributed by atoms with Gasteiger partial charge >= 0.3 is 0 Å². The van der Waals surface area contributed by atoms with E-state index in [1.165, 1.54) is 26.2 Å². The van der Waals surface area contributed by atoms with Gasteiger partial charge in [0, 0.05) is 19.7 Å². The standard InChI is InChI=1S/C30H31NO7/c1-19-8-10-20(11-9-19)18-38-23-7-5-6-21(16-23)27-26(29(33)30(34)31(27)14-15-35-2)28(32)24-13-12-22(36-3)17-25(24)37-4/h5-13,16-17,27,32H,14-15,18H2,1-4H3/b28-26+. The van der Waals surface area contributed by atoms with Gasteiger partial charge in [-0.05, 0) is 42.3 Å². The number of aliphatic hydroxyl groups is 1. The first-order valence-electron chi connectivity index (χ1n) is 12.2. The van der Waals surface area contributed by atoms with Crippen molar-refractivity contribution in [2.75, 3.05) is 34.5 Å². The lowest BCUT2D eigenvalue weighted by atomic mass is 9.94. The fourth-order valence-corrected chi connectivity index (χ4v) is 4.41. The molecule has 0 radical (unpaired) electrons. The highest BCUT2D eigenvalue weighted by Gasteiger charge is 2.46. The molecular weight excluding hydrogens is 486 g/mol. The van der Waals surface area contributed by atoms with Crippen LogP contribution in [0.4, 0.5) is 0 Å². The SMILES string of the molecule is COCCN1C(=O)C(=O)/C(=C(/O)c2ccc(OC)cc2OC)C1c1cccc(OCc2ccc(C)cc2)c1. The molecule has 1 heterocycles. The molecule has 1 aliphatic heterocycles. The minimum absolute atomic E-state index is 0.0368. The largest absolute Gasteiger partial charge is 0.507 e. The van der Waals surface area contributed by atoms with Crippen molar-refractivity contribution in [1.82, 2.24) is 4.90 Å². The number of Topliss-reactive ketones (excluding diaryl/α,β-unsaturated/α-hetero) is 1. The van der Waals surface area contributed by atoms with Crippen molar-refractivity contribution in [2.24, 2.45) is 0 Å². The molecule has 0 bridgehead atoms. The fraction of sp³-hybridized carbons (Fsp3) is 0.267. The maximum atomic E-state index is 13.3. The highest BCUT2D eigenvalue weighted by atomic mass is 16.5. The molecule has 1 unspecified atom stereocenters. The number of hydrogen-bond acceptors (Lipinski definition) is 7. The maximum Gasteiger partial charge on any atom is 0.295 e. The number of rotatable bonds is 10. The van der Waals surface area contributed by atoms with E-state index in [0.29, 0.717) is 29.4 Å². The zero-order valence-electron chi connectivity index (χ0n) is 21.9. The summed E-state index contributed by atoms with van der Waals surface area (Å²) in [5.74, 6) is -0.437. The first-order valence-corrected chi connectivity index (χ1v) is 12.2. The Labute approximate surface area is 222 Å². The van der Waals surface area contributed by atoms with E-state index in [2.05, 4.69) is 0 Å². The second-order valence-corrected chi connectivity index (χ2v) is 8.90. The Hall–Kier alpha value is -4.30. The molecule has 3 aromatic rings. The lowest BCUT2D eigenvalue weighted by Gasteiger charge is -2.25. The van der Waals surface area contributed by atoms with Crippen LogP contribution in [0.15, 0.2) is 72.3 Å². The van der Waals surface area contributed by atoms with Gasteiger partial charge in [-0.2, -0.15) is 0 Å².